The highest BCUT2D eigenvalue weighted by Gasteiger charge is 2.25. The standard InChI is InChI=1S/C10H15N3O4/c1-3-4-5-8(10(14)17-2)12-7-6-9(11-12)13(15)16/h6-8H,3-5H2,1-2H3. The fraction of sp³-hybridized carbons (Fsp3) is 0.600. The third-order valence-corrected chi connectivity index (χ3v) is 2.41. The highest BCUT2D eigenvalue weighted by molar-refractivity contribution is 5.73. The molecule has 94 valence electrons. The Morgan fingerprint density at radius 3 is 2.88 bits per heavy atom. The maximum Gasteiger partial charge on any atom is 0.389 e. The second kappa shape index (κ2) is 5.97. The van der Waals surface area contributed by atoms with Gasteiger partial charge in [0, 0.05) is 0 Å². The monoisotopic (exact) mass is 241 g/mol. The third-order valence-electron chi connectivity index (χ3n) is 2.41. The quantitative estimate of drug-likeness (QED) is 0.429. The Morgan fingerprint density at radius 2 is 2.41 bits per heavy atom. The van der Waals surface area contributed by atoms with Gasteiger partial charge in [-0.3, -0.25) is 0 Å². The summed E-state index contributed by atoms with van der Waals surface area (Å²) in [6.07, 6.45) is 3.74. The van der Waals surface area contributed by atoms with E-state index >= 15 is 0 Å². The van der Waals surface area contributed by atoms with Gasteiger partial charge in [-0.25, -0.2) is 4.79 Å². The molecule has 0 spiro atoms. The fourth-order valence-corrected chi connectivity index (χ4v) is 1.49. The lowest BCUT2D eigenvalue weighted by molar-refractivity contribution is -0.389. The van der Waals surface area contributed by atoms with E-state index in [0.29, 0.717) is 6.42 Å². The van der Waals surface area contributed by atoms with Crippen LogP contribution in [0.3, 0.4) is 0 Å². The maximum atomic E-state index is 11.5. The molecule has 1 unspecified atom stereocenters. The molecule has 17 heavy (non-hydrogen) atoms. The number of carbonyl (C=O) groups is 1. The molecule has 1 atom stereocenters. The van der Waals surface area contributed by atoms with E-state index in [2.05, 4.69) is 9.84 Å². The van der Waals surface area contributed by atoms with Crippen molar-refractivity contribution in [3.8, 4) is 0 Å². The topological polar surface area (TPSA) is 87.3 Å². The summed E-state index contributed by atoms with van der Waals surface area (Å²) in [5.41, 5.74) is 0. The highest BCUT2D eigenvalue weighted by Crippen LogP contribution is 2.18. The summed E-state index contributed by atoms with van der Waals surface area (Å²) in [5.74, 6) is -0.702. The minimum Gasteiger partial charge on any atom is -0.467 e. The molecule has 1 aromatic heterocycles. The van der Waals surface area contributed by atoms with E-state index in [1.807, 2.05) is 6.92 Å². The Morgan fingerprint density at radius 1 is 1.71 bits per heavy atom. The lowest BCUT2D eigenvalue weighted by Crippen LogP contribution is -2.21. The van der Waals surface area contributed by atoms with E-state index in [9.17, 15) is 14.9 Å². The minimum absolute atomic E-state index is 0.268. The molecule has 1 aromatic rings. The van der Waals surface area contributed by atoms with Crippen molar-refractivity contribution in [2.75, 3.05) is 7.11 Å². The molecular formula is C10H15N3O4. The number of aromatic nitrogens is 2. The number of unbranched alkanes of at least 4 members (excludes halogenated alkanes) is 1. The van der Waals surface area contributed by atoms with Crippen LogP contribution in [0.5, 0.6) is 0 Å². The number of hydrogen-bond donors (Lipinski definition) is 0. The highest BCUT2D eigenvalue weighted by atomic mass is 16.6. The summed E-state index contributed by atoms with van der Waals surface area (Å²) >= 11 is 0. The van der Waals surface area contributed by atoms with Crippen LogP contribution in [0.4, 0.5) is 5.82 Å². The zero-order valence-electron chi connectivity index (χ0n) is 9.83. The Bertz CT molecular complexity index is 402. The van der Waals surface area contributed by atoms with Gasteiger partial charge in [0.15, 0.2) is 6.04 Å². The minimum atomic E-state index is -0.593. The third kappa shape index (κ3) is 3.27. The number of methoxy groups -OCH3 is 1. The van der Waals surface area contributed by atoms with Crippen LogP contribution >= 0.6 is 0 Å². The van der Waals surface area contributed by atoms with Gasteiger partial charge < -0.3 is 14.9 Å². The summed E-state index contributed by atoms with van der Waals surface area (Å²) in [6, 6.07) is 0.677. The summed E-state index contributed by atoms with van der Waals surface area (Å²) < 4.78 is 5.96. The van der Waals surface area contributed by atoms with Gasteiger partial charge in [-0.1, -0.05) is 19.8 Å². The molecule has 1 heterocycles. The molecule has 7 nitrogen and oxygen atoms in total. The summed E-state index contributed by atoms with van der Waals surface area (Å²) in [6.45, 7) is 2.00. The van der Waals surface area contributed by atoms with Crippen LogP contribution in [0.2, 0.25) is 0 Å². The number of hydrogen-bond acceptors (Lipinski definition) is 5. The fourth-order valence-electron chi connectivity index (χ4n) is 1.49. The van der Waals surface area contributed by atoms with Gasteiger partial charge in [0.1, 0.15) is 0 Å². The van der Waals surface area contributed by atoms with Gasteiger partial charge in [0.05, 0.1) is 24.5 Å². The summed E-state index contributed by atoms with van der Waals surface area (Å²) in [5, 5.41) is 14.3. The van der Waals surface area contributed by atoms with E-state index < -0.39 is 16.9 Å². The maximum absolute atomic E-state index is 11.5. The smallest absolute Gasteiger partial charge is 0.389 e. The second-order valence-electron chi connectivity index (χ2n) is 3.59. The molecule has 0 amide bonds. The molecule has 0 saturated carbocycles. The molecule has 0 fully saturated rings. The summed E-state index contributed by atoms with van der Waals surface area (Å²) in [4.78, 5) is 21.5. The lowest BCUT2D eigenvalue weighted by atomic mass is 10.1. The number of carbonyl (C=O) groups excluding carboxylic acids is 1. The van der Waals surface area contributed by atoms with Gasteiger partial charge in [0.25, 0.3) is 0 Å². The molecule has 7 heteroatoms. The van der Waals surface area contributed by atoms with Crippen LogP contribution in [-0.2, 0) is 9.53 Å². The number of ether oxygens (including phenoxy) is 1. The first-order valence-electron chi connectivity index (χ1n) is 5.37. The molecule has 0 bridgehead atoms. The van der Waals surface area contributed by atoms with Crippen molar-refractivity contribution in [2.24, 2.45) is 0 Å². The summed E-state index contributed by atoms with van der Waals surface area (Å²) in [7, 11) is 1.29. The SMILES string of the molecule is CCCCC(C(=O)OC)n1ccc([N+](=O)[O-])n1. The number of nitro groups is 1. The first-order chi connectivity index (χ1) is 8.10. The normalized spacial score (nSPS) is 12.1. The molecule has 0 N–H and O–H groups in total. The molecule has 0 aromatic carbocycles. The van der Waals surface area contributed by atoms with Gasteiger partial charge in [0.2, 0.25) is 0 Å². The van der Waals surface area contributed by atoms with Crippen molar-refractivity contribution < 1.29 is 14.5 Å². The zero-order valence-corrected chi connectivity index (χ0v) is 9.83. The van der Waals surface area contributed by atoms with E-state index in [4.69, 9.17) is 0 Å². The Hall–Kier alpha value is -1.92. The molecule has 0 aliphatic heterocycles. The van der Waals surface area contributed by atoms with Gasteiger partial charge in [-0.05, 0) is 11.3 Å². The predicted octanol–water partition coefficient (Wildman–Crippen LogP) is 1.70. The van der Waals surface area contributed by atoms with Crippen molar-refractivity contribution in [3.05, 3.63) is 22.4 Å². The Balaban J connectivity index is 2.87. The molecule has 0 saturated heterocycles. The van der Waals surface area contributed by atoms with E-state index in [1.54, 1.807) is 0 Å². The molecule has 0 aliphatic rings. The Labute approximate surface area is 98.5 Å². The van der Waals surface area contributed by atoms with Crippen LogP contribution in [0.25, 0.3) is 0 Å². The van der Waals surface area contributed by atoms with Crippen molar-refractivity contribution in [1.82, 2.24) is 9.78 Å². The number of rotatable bonds is 6. The molecule has 1 rings (SSSR count). The van der Waals surface area contributed by atoms with Crippen LogP contribution in [0.1, 0.15) is 32.2 Å². The van der Waals surface area contributed by atoms with Crippen LogP contribution in [0.15, 0.2) is 12.3 Å². The lowest BCUT2D eigenvalue weighted by Gasteiger charge is -2.11. The molecule has 0 aliphatic carbocycles. The van der Waals surface area contributed by atoms with Crippen molar-refractivity contribution in [2.45, 2.75) is 32.2 Å². The molecule has 0 radical (unpaired) electrons. The number of esters is 1. The predicted molar refractivity (Wildman–Crippen MR) is 59.5 cm³/mol. The average Bonchev–Trinajstić information content (AvgIpc) is 2.78. The van der Waals surface area contributed by atoms with Gasteiger partial charge >= 0.3 is 11.8 Å². The average molecular weight is 241 g/mol. The van der Waals surface area contributed by atoms with Gasteiger partial charge in [-0.15, -0.1) is 0 Å². The number of nitrogens with zero attached hydrogens (tertiary/aromatic N) is 3. The van der Waals surface area contributed by atoms with Crippen molar-refractivity contribution >= 4 is 11.8 Å². The van der Waals surface area contributed by atoms with E-state index in [1.165, 1.54) is 24.1 Å². The molecular weight excluding hydrogens is 226 g/mol. The van der Waals surface area contributed by atoms with E-state index in [-0.39, 0.29) is 5.82 Å². The van der Waals surface area contributed by atoms with Gasteiger partial charge in [-0.2, -0.15) is 4.68 Å². The first kappa shape index (κ1) is 13.1. The largest absolute Gasteiger partial charge is 0.467 e. The van der Waals surface area contributed by atoms with E-state index in [0.717, 1.165) is 12.8 Å². The second-order valence-corrected chi connectivity index (χ2v) is 3.59. The van der Waals surface area contributed by atoms with Crippen LogP contribution < -0.4 is 0 Å². The van der Waals surface area contributed by atoms with Crippen LogP contribution in [-0.4, -0.2) is 27.8 Å². The van der Waals surface area contributed by atoms with Crippen molar-refractivity contribution in [3.63, 3.8) is 0 Å². The van der Waals surface area contributed by atoms with Crippen LogP contribution in [0, 0.1) is 10.1 Å². The Kier molecular flexibility index (Phi) is 4.62. The van der Waals surface area contributed by atoms with Crippen molar-refractivity contribution in [1.29, 1.82) is 0 Å². The zero-order chi connectivity index (χ0) is 12.8. The first-order valence-corrected chi connectivity index (χ1v) is 5.37.